The first-order valence-corrected chi connectivity index (χ1v) is 5.42. The van der Waals surface area contributed by atoms with Crippen molar-refractivity contribution in [3.63, 3.8) is 0 Å². The van der Waals surface area contributed by atoms with Crippen LogP contribution in [0, 0.1) is 6.92 Å². The van der Waals surface area contributed by atoms with Gasteiger partial charge < -0.3 is 9.73 Å². The van der Waals surface area contributed by atoms with E-state index in [4.69, 9.17) is 4.42 Å². The van der Waals surface area contributed by atoms with Crippen LogP contribution >= 0.6 is 11.8 Å². The smallest absolute Gasteiger partial charge is 0.441 e. The van der Waals surface area contributed by atoms with Crippen LogP contribution in [0.5, 0.6) is 0 Å². The monoisotopic (exact) mass is 253 g/mol. The topological polar surface area (TPSA) is 42.2 Å². The molecule has 0 aliphatic heterocycles. The van der Waals surface area contributed by atoms with Gasteiger partial charge in [0.2, 0.25) is 0 Å². The number of aryl methyl sites for hydroxylation is 1. The number of halogens is 3. The van der Waals surface area contributed by atoms with Crippen LogP contribution in [0.3, 0.4) is 0 Å². The second kappa shape index (κ2) is 5.29. The molecule has 1 rings (SSSR count). The van der Waals surface area contributed by atoms with E-state index in [-0.39, 0.29) is 29.8 Å². The van der Waals surface area contributed by atoms with Crippen molar-refractivity contribution >= 4 is 17.7 Å². The Hall–Kier alpha value is -1.11. The van der Waals surface area contributed by atoms with E-state index in [9.17, 15) is 18.0 Å². The molecule has 0 atom stereocenters. The fraction of sp³-hybridized carbons (Fsp3) is 0.444. The van der Waals surface area contributed by atoms with E-state index in [1.165, 1.54) is 6.07 Å². The Morgan fingerprint density at radius 2 is 2.19 bits per heavy atom. The minimum Gasteiger partial charge on any atom is -0.456 e. The third-order valence-corrected chi connectivity index (χ3v) is 2.35. The summed E-state index contributed by atoms with van der Waals surface area (Å²) < 4.78 is 40.2. The molecule has 0 aliphatic carbocycles. The molecule has 1 heterocycles. The van der Waals surface area contributed by atoms with E-state index in [1.807, 2.05) is 0 Å². The predicted octanol–water partition coefficient (Wildman–Crippen LogP) is 2.57. The van der Waals surface area contributed by atoms with Gasteiger partial charge in [0.25, 0.3) is 5.91 Å². The number of alkyl halides is 3. The van der Waals surface area contributed by atoms with Crippen molar-refractivity contribution in [2.45, 2.75) is 12.4 Å². The largest absolute Gasteiger partial charge is 0.456 e. The first kappa shape index (κ1) is 13.0. The minimum absolute atomic E-state index is 0.0528. The van der Waals surface area contributed by atoms with E-state index < -0.39 is 11.4 Å². The lowest BCUT2D eigenvalue weighted by molar-refractivity contribution is -0.0327. The summed E-state index contributed by atoms with van der Waals surface area (Å²) >= 11 is -0.169. The quantitative estimate of drug-likeness (QED) is 0.838. The number of thioether (sulfide) groups is 1. The SMILES string of the molecule is Cc1ccc(C(=O)NCCSC(F)(F)F)o1. The molecule has 3 nitrogen and oxygen atoms in total. The molecular formula is C9H10F3NO2S. The Morgan fingerprint density at radius 3 is 2.69 bits per heavy atom. The maximum absolute atomic E-state index is 11.7. The molecule has 1 aromatic rings. The van der Waals surface area contributed by atoms with Crippen LogP contribution in [0.4, 0.5) is 13.2 Å². The lowest BCUT2D eigenvalue weighted by atomic mass is 10.4. The standard InChI is InChI=1S/C9H10F3NO2S/c1-6-2-3-7(15-6)8(14)13-4-5-16-9(10,11)12/h2-3H,4-5H2,1H3,(H,13,14). The number of amides is 1. The zero-order valence-corrected chi connectivity index (χ0v) is 9.24. The van der Waals surface area contributed by atoms with Gasteiger partial charge in [-0.05, 0) is 30.8 Å². The Morgan fingerprint density at radius 1 is 1.50 bits per heavy atom. The van der Waals surface area contributed by atoms with Crippen LogP contribution in [0.15, 0.2) is 16.5 Å². The number of rotatable bonds is 4. The van der Waals surface area contributed by atoms with Crippen LogP contribution in [-0.4, -0.2) is 23.7 Å². The highest BCUT2D eigenvalue weighted by atomic mass is 32.2. The highest BCUT2D eigenvalue weighted by Crippen LogP contribution is 2.29. The average Bonchev–Trinajstić information content (AvgIpc) is 2.57. The average molecular weight is 253 g/mol. The number of furan rings is 1. The van der Waals surface area contributed by atoms with Crippen LogP contribution < -0.4 is 5.32 Å². The van der Waals surface area contributed by atoms with Gasteiger partial charge in [-0.25, -0.2) is 0 Å². The molecule has 0 fully saturated rings. The predicted molar refractivity (Wildman–Crippen MR) is 54.3 cm³/mol. The van der Waals surface area contributed by atoms with Gasteiger partial charge in [0.05, 0.1) is 0 Å². The van der Waals surface area contributed by atoms with Crippen molar-refractivity contribution in [3.05, 3.63) is 23.7 Å². The van der Waals surface area contributed by atoms with E-state index in [1.54, 1.807) is 13.0 Å². The number of hydrogen-bond acceptors (Lipinski definition) is 3. The maximum Gasteiger partial charge on any atom is 0.441 e. The molecule has 0 bridgehead atoms. The van der Waals surface area contributed by atoms with Gasteiger partial charge in [0, 0.05) is 12.3 Å². The summed E-state index contributed by atoms with van der Waals surface area (Å²) in [6.45, 7) is 1.62. The molecule has 0 saturated carbocycles. The van der Waals surface area contributed by atoms with Crippen molar-refractivity contribution in [1.82, 2.24) is 5.32 Å². The third kappa shape index (κ3) is 4.61. The van der Waals surface area contributed by atoms with Gasteiger partial charge in [-0.1, -0.05) is 0 Å². The van der Waals surface area contributed by atoms with Crippen LogP contribution in [0.25, 0.3) is 0 Å². The van der Waals surface area contributed by atoms with E-state index >= 15 is 0 Å². The summed E-state index contributed by atoms with van der Waals surface area (Å²) in [7, 11) is 0. The zero-order valence-electron chi connectivity index (χ0n) is 8.43. The summed E-state index contributed by atoms with van der Waals surface area (Å²) in [5, 5.41) is 2.33. The van der Waals surface area contributed by atoms with E-state index in [0.717, 1.165) is 0 Å². The minimum atomic E-state index is -4.26. The number of carbonyl (C=O) groups is 1. The van der Waals surface area contributed by atoms with Gasteiger partial charge in [-0.15, -0.1) is 0 Å². The molecule has 0 spiro atoms. The summed E-state index contributed by atoms with van der Waals surface area (Å²) in [6, 6.07) is 3.08. The zero-order chi connectivity index (χ0) is 12.2. The Kier molecular flexibility index (Phi) is 4.28. The first-order chi connectivity index (χ1) is 7.38. The molecule has 1 aromatic heterocycles. The Labute approximate surface area is 94.4 Å². The van der Waals surface area contributed by atoms with Gasteiger partial charge in [-0.3, -0.25) is 4.79 Å². The number of hydrogen-bond donors (Lipinski definition) is 1. The molecule has 0 aromatic carbocycles. The highest BCUT2D eigenvalue weighted by Gasteiger charge is 2.27. The lowest BCUT2D eigenvalue weighted by Crippen LogP contribution is -2.26. The summed E-state index contributed by atoms with van der Waals surface area (Å²) in [5.74, 6) is -0.0326. The highest BCUT2D eigenvalue weighted by molar-refractivity contribution is 8.00. The fourth-order valence-electron chi connectivity index (χ4n) is 0.975. The molecule has 16 heavy (non-hydrogen) atoms. The van der Waals surface area contributed by atoms with E-state index in [0.29, 0.717) is 5.76 Å². The molecule has 0 radical (unpaired) electrons. The first-order valence-electron chi connectivity index (χ1n) is 4.44. The van der Waals surface area contributed by atoms with Crippen molar-refractivity contribution in [3.8, 4) is 0 Å². The van der Waals surface area contributed by atoms with E-state index in [2.05, 4.69) is 5.32 Å². The van der Waals surface area contributed by atoms with Crippen LogP contribution in [-0.2, 0) is 0 Å². The molecule has 0 aliphatic rings. The van der Waals surface area contributed by atoms with Crippen molar-refractivity contribution in [1.29, 1.82) is 0 Å². The molecule has 0 unspecified atom stereocenters. The van der Waals surface area contributed by atoms with Crippen LogP contribution in [0.1, 0.15) is 16.3 Å². The number of carbonyl (C=O) groups excluding carboxylic acids is 1. The third-order valence-electron chi connectivity index (χ3n) is 1.62. The second-order valence-corrected chi connectivity index (χ2v) is 4.12. The Bertz CT molecular complexity index is 362. The second-order valence-electron chi connectivity index (χ2n) is 2.96. The lowest BCUT2D eigenvalue weighted by Gasteiger charge is -2.05. The van der Waals surface area contributed by atoms with Gasteiger partial charge in [0.1, 0.15) is 5.76 Å². The fourth-order valence-corrected chi connectivity index (χ4v) is 1.41. The molecule has 0 saturated heterocycles. The summed E-state index contributed by atoms with van der Waals surface area (Å²) in [5.41, 5.74) is -4.26. The number of nitrogens with one attached hydrogen (secondary N) is 1. The molecule has 90 valence electrons. The van der Waals surface area contributed by atoms with Crippen molar-refractivity contribution in [2.75, 3.05) is 12.3 Å². The Balaban J connectivity index is 2.26. The maximum atomic E-state index is 11.7. The van der Waals surface area contributed by atoms with Crippen LogP contribution in [0.2, 0.25) is 0 Å². The molecular weight excluding hydrogens is 243 g/mol. The molecule has 1 amide bonds. The van der Waals surface area contributed by atoms with Gasteiger partial charge in [0.15, 0.2) is 5.76 Å². The summed E-state index contributed by atoms with van der Waals surface area (Å²) in [6.07, 6.45) is 0. The molecule has 1 N–H and O–H groups in total. The molecule has 7 heteroatoms. The van der Waals surface area contributed by atoms with Gasteiger partial charge in [-0.2, -0.15) is 13.2 Å². The normalized spacial score (nSPS) is 11.5. The van der Waals surface area contributed by atoms with Gasteiger partial charge >= 0.3 is 5.51 Å². The van der Waals surface area contributed by atoms with Crippen molar-refractivity contribution < 1.29 is 22.4 Å². The van der Waals surface area contributed by atoms with Crippen molar-refractivity contribution in [2.24, 2.45) is 0 Å². The summed E-state index contributed by atoms with van der Waals surface area (Å²) in [4.78, 5) is 11.3.